The fraction of sp³-hybridized carbons (Fsp3) is 0.400. The number of nitrogens with zero attached hydrogens (tertiary/aromatic N) is 2. The van der Waals surface area contributed by atoms with Gasteiger partial charge >= 0.3 is 0 Å². The lowest BCUT2D eigenvalue weighted by molar-refractivity contribution is -0.149. The molecule has 1 unspecified atom stereocenters. The molecule has 4 atom stereocenters. The standard InChI is InChI=1S/C30H28Cl2N2O4/c1-14(2)12-33-26(35)22-9-16-5-6-17(31)10-20(16)23-19-8-7-18(32)11-21(19)24-28(37)34(13-15(3)4)29(38)30(23,24)25(22)27(33)36/h5-11,14-15,23-25H,12-13H2,1-4H3/t23-,24-,25?,30-/m0/s1. The van der Waals surface area contributed by atoms with Crippen LogP contribution in [0.25, 0.3) is 6.08 Å². The Kier molecular flexibility index (Phi) is 5.68. The number of hydrogen-bond acceptors (Lipinski definition) is 4. The lowest BCUT2D eigenvalue weighted by Crippen LogP contribution is -2.48. The molecule has 2 saturated heterocycles. The Hall–Kier alpha value is -2.96. The third-order valence-electron chi connectivity index (χ3n) is 8.31. The van der Waals surface area contributed by atoms with Gasteiger partial charge in [-0.15, -0.1) is 0 Å². The highest BCUT2D eigenvalue weighted by Gasteiger charge is 2.75. The number of carbonyl (C=O) groups is 4. The number of hydrogen-bond donors (Lipinski definition) is 0. The van der Waals surface area contributed by atoms with Crippen LogP contribution in [0.15, 0.2) is 42.0 Å². The fourth-order valence-electron chi connectivity index (χ4n) is 7.14. The van der Waals surface area contributed by atoms with Crippen molar-refractivity contribution in [2.45, 2.75) is 39.5 Å². The Bertz CT molecular complexity index is 1480. The molecular formula is C30H28Cl2N2O4. The van der Waals surface area contributed by atoms with E-state index < -0.39 is 40.9 Å². The average Bonchev–Trinajstić information content (AvgIpc) is 3.29. The second kappa shape index (κ2) is 8.52. The van der Waals surface area contributed by atoms with Crippen LogP contribution in [0.3, 0.4) is 0 Å². The number of imide groups is 2. The van der Waals surface area contributed by atoms with Crippen LogP contribution >= 0.6 is 23.2 Å². The van der Waals surface area contributed by atoms with E-state index in [0.717, 1.165) is 11.1 Å². The molecule has 6 nitrogen and oxygen atoms in total. The summed E-state index contributed by atoms with van der Waals surface area (Å²) in [6.45, 7) is 8.22. The fourth-order valence-corrected chi connectivity index (χ4v) is 7.50. The number of amides is 4. The van der Waals surface area contributed by atoms with E-state index in [2.05, 4.69) is 0 Å². The first-order valence-electron chi connectivity index (χ1n) is 13.0. The maximum absolute atomic E-state index is 14.7. The largest absolute Gasteiger partial charge is 0.281 e. The summed E-state index contributed by atoms with van der Waals surface area (Å²) < 4.78 is 0. The molecule has 8 heteroatoms. The van der Waals surface area contributed by atoms with E-state index in [1.54, 1.807) is 30.3 Å². The summed E-state index contributed by atoms with van der Waals surface area (Å²) in [6, 6.07) is 10.7. The maximum Gasteiger partial charge on any atom is 0.257 e. The summed E-state index contributed by atoms with van der Waals surface area (Å²) in [4.78, 5) is 59.6. The monoisotopic (exact) mass is 550 g/mol. The van der Waals surface area contributed by atoms with E-state index >= 15 is 0 Å². The highest BCUT2D eigenvalue weighted by Crippen LogP contribution is 2.69. The van der Waals surface area contributed by atoms with Crippen LogP contribution in [0.1, 0.15) is 61.8 Å². The molecule has 6 rings (SSSR count). The van der Waals surface area contributed by atoms with Gasteiger partial charge < -0.3 is 0 Å². The van der Waals surface area contributed by atoms with E-state index in [4.69, 9.17) is 23.2 Å². The van der Waals surface area contributed by atoms with Crippen LogP contribution in [0.5, 0.6) is 0 Å². The number of halogens is 2. The van der Waals surface area contributed by atoms with Crippen molar-refractivity contribution in [2.75, 3.05) is 13.1 Å². The molecule has 0 saturated carbocycles. The molecule has 4 aliphatic rings. The van der Waals surface area contributed by atoms with Gasteiger partial charge in [-0.1, -0.05) is 63.0 Å². The number of likely N-dealkylation sites (tertiary alicyclic amines) is 2. The number of carbonyl (C=O) groups excluding carboxylic acids is 4. The van der Waals surface area contributed by atoms with Gasteiger partial charge in [0.05, 0.1) is 17.3 Å². The van der Waals surface area contributed by atoms with Crippen molar-refractivity contribution in [1.82, 2.24) is 9.80 Å². The summed E-state index contributed by atoms with van der Waals surface area (Å²) >= 11 is 12.9. The van der Waals surface area contributed by atoms with E-state index in [1.807, 2.05) is 39.8 Å². The average molecular weight is 551 g/mol. The highest BCUT2D eigenvalue weighted by atomic mass is 35.5. The van der Waals surface area contributed by atoms with Crippen LogP contribution in [0.2, 0.25) is 10.0 Å². The SMILES string of the molecule is CC(C)CN1C(=O)C2=Cc3ccc(Cl)cc3[C@@H]3c4ccc(Cl)cc4[C@H]4C(=O)N(CC(C)C)C(=O)[C@@]34C2C1=O. The van der Waals surface area contributed by atoms with Gasteiger partial charge in [-0.25, -0.2) is 0 Å². The minimum atomic E-state index is -1.53. The molecule has 4 amide bonds. The second-order valence-corrected chi connectivity index (χ2v) is 12.5. The van der Waals surface area contributed by atoms with Crippen molar-refractivity contribution in [3.05, 3.63) is 74.3 Å². The predicted octanol–water partition coefficient (Wildman–Crippen LogP) is 5.27. The van der Waals surface area contributed by atoms with Crippen LogP contribution in [0, 0.1) is 23.2 Å². The normalized spacial score (nSPS) is 27.5. The molecule has 196 valence electrons. The zero-order valence-corrected chi connectivity index (χ0v) is 23.1. The summed E-state index contributed by atoms with van der Waals surface area (Å²) in [5.41, 5.74) is 1.59. The molecule has 2 heterocycles. The summed E-state index contributed by atoms with van der Waals surface area (Å²) in [6.07, 6.45) is 1.74. The van der Waals surface area contributed by atoms with Crippen LogP contribution in [-0.2, 0) is 19.2 Å². The quantitative estimate of drug-likeness (QED) is 0.486. The van der Waals surface area contributed by atoms with E-state index in [0.29, 0.717) is 21.2 Å². The van der Waals surface area contributed by atoms with Crippen LogP contribution in [-0.4, -0.2) is 46.5 Å². The van der Waals surface area contributed by atoms with Gasteiger partial charge in [0, 0.05) is 34.6 Å². The summed E-state index contributed by atoms with van der Waals surface area (Å²) in [5, 5.41) is 0.911. The van der Waals surface area contributed by atoms with Crippen molar-refractivity contribution >= 4 is 52.9 Å². The minimum absolute atomic E-state index is 0.0243. The molecule has 2 fully saturated rings. The first kappa shape index (κ1) is 25.3. The van der Waals surface area contributed by atoms with Crippen molar-refractivity contribution in [1.29, 1.82) is 0 Å². The lowest BCUT2D eigenvalue weighted by Gasteiger charge is -2.37. The Labute approximate surface area is 231 Å². The molecule has 2 aromatic rings. The van der Waals surface area contributed by atoms with Gasteiger partial charge in [0.2, 0.25) is 17.7 Å². The third kappa shape index (κ3) is 3.19. The molecule has 0 N–H and O–H groups in total. The Morgan fingerprint density at radius 3 is 1.97 bits per heavy atom. The summed E-state index contributed by atoms with van der Waals surface area (Å²) in [5.74, 6) is -4.21. The first-order valence-corrected chi connectivity index (χ1v) is 13.8. The zero-order valence-electron chi connectivity index (χ0n) is 21.6. The number of rotatable bonds is 4. The topological polar surface area (TPSA) is 74.8 Å². The molecule has 0 aromatic heterocycles. The molecule has 0 bridgehead atoms. The van der Waals surface area contributed by atoms with Crippen LogP contribution < -0.4 is 0 Å². The highest BCUT2D eigenvalue weighted by molar-refractivity contribution is 6.31. The number of benzene rings is 2. The van der Waals surface area contributed by atoms with E-state index in [-0.39, 0.29) is 36.4 Å². The molecule has 0 radical (unpaired) electrons. The maximum atomic E-state index is 14.7. The minimum Gasteiger partial charge on any atom is -0.281 e. The summed E-state index contributed by atoms with van der Waals surface area (Å²) in [7, 11) is 0. The smallest absolute Gasteiger partial charge is 0.257 e. The molecule has 2 aliphatic heterocycles. The predicted molar refractivity (Wildman–Crippen MR) is 145 cm³/mol. The first-order chi connectivity index (χ1) is 18.0. The van der Waals surface area contributed by atoms with Crippen LogP contribution in [0.4, 0.5) is 0 Å². The third-order valence-corrected chi connectivity index (χ3v) is 8.78. The molecule has 1 spiro atoms. The van der Waals surface area contributed by atoms with Crippen molar-refractivity contribution in [3.63, 3.8) is 0 Å². The Balaban J connectivity index is 1.72. The molecule has 2 aromatic carbocycles. The molecular weight excluding hydrogens is 523 g/mol. The van der Waals surface area contributed by atoms with Crippen molar-refractivity contribution in [3.8, 4) is 0 Å². The van der Waals surface area contributed by atoms with Gasteiger partial charge in [0.1, 0.15) is 0 Å². The van der Waals surface area contributed by atoms with E-state index in [9.17, 15) is 19.2 Å². The van der Waals surface area contributed by atoms with Crippen molar-refractivity contribution in [2.24, 2.45) is 23.2 Å². The van der Waals surface area contributed by atoms with Gasteiger partial charge in [-0.2, -0.15) is 0 Å². The Morgan fingerprint density at radius 2 is 1.32 bits per heavy atom. The molecule has 2 aliphatic carbocycles. The number of fused-ring (bicyclic) bond motifs is 6. The molecule has 38 heavy (non-hydrogen) atoms. The van der Waals surface area contributed by atoms with E-state index in [1.165, 1.54) is 9.80 Å². The lowest BCUT2D eigenvalue weighted by atomic mass is 9.60. The Morgan fingerprint density at radius 1 is 0.737 bits per heavy atom. The van der Waals surface area contributed by atoms with Crippen molar-refractivity contribution < 1.29 is 19.2 Å². The van der Waals surface area contributed by atoms with Gasteiger partial charge in [-0.3, -0.25) is 29.0 Å². The second-order valence-electron chi connectivity index (χ2n) is 11.7. The van der Waals surface area contributed by atoms with Gasteiger partial charge in [0.25, 0.3) is 5.91 Å². The van der Waals surface area contributed by atoms with Gasteiger partial charge in [0.15, 0.2) is 0 Å². The van der Waals surface area contributed by atoms with Gasteiger partial charge in [-0.05, 0) is 64.4 Å². The zero-order chi connectivity index (χ0) is 27.3.